The summed E-state index contributed by atoms with van der Waals surface area (Å²) in [4.78, 5) is 12.8. The van der Waals surface area contributed by atoms with Crippen LogP contribution >= 0.6 is 0 Å². The fourth-order valence-corrected chi connectivity index (χ4v) is 5.66. The summed E-state index contributed by atoms with van der Waals surface area (Å²) >= 11 is 0. The van der Waals surface area contributed by atoms with E-state index in [4.69, 9.17) is 18.9 Å². The highest BCUT2D eigenvalue weighted by atomic mass is 16.7. The van der Waals surface area contributed by atoms with Crippen LogP contribution in [0.5, 0.6) is 0 Å². The van der Waals surface area contributed by atoms with Crippen LogP contribution in [0.4, 0.5) is 0 Å². The Morgan fingerprint density at radius 2 is 0.933 bits per heavy atom. The average Bonchev–Trinajstić information content (AvgIpc) is 3.25. The van der Waals surface area contributed by atoms with Crippen LogP contribution in [0.1, 0.15) is 117 Å². The normalized spacial score (nSPS) is 21.3. The molecule has 4 N–H and O–H groups in total. The van der Waals surface area contributed by atoms with Crippen molar-refractivity contribution in [3.63, 3.8) is 0 Å². The van der Waals surface area contributed by atoms with Crippen LogP contribution in [-0.4, -0.2) is 89.6 Å². The van der Waals surface area contributed by atoms with Gasteiger partial charge in [-0.25, -0.2) is 0 Å². The summed E-state index contributed by atoms with van der Waals surface area (Å²) in [5.41, 5.74) is 0. The quantitative estimate of drug-likeness (QED) is 0.0280. The number of aliphatic hydroxyl groups is 4. The lowest BCUT2D eigenvalue weighted by atomic mass is 9.99. The Morgan fingerprint density at radius 1 is 0.533 bits per heavy atom. The zero-order valence-electron chi connectivity index (χ0n) is 36.6. The van der Waals surface area contributed by atoms with Crippen molar-refractivity contribution in [3.05, 3.63) is 134 Å². The number of allylic oxidation sites excluding steroid dienone is 22. The number of hydrogen-bond donors (Lipinski definition) is 4. The molecule has 1 aliphatic rings. The number of esters is 1. The molecule has 0 saturated carbocycles. The van der Waals surface area contributed by atoms with Gasteiger partial charge in [-0.2, -0.15) is 0 Å². The van der Waals surface area contributed by atoms with Gasteiger partial charge in [0.2, 0.25) is 0 Å². The Bertz CT molecular complexity index is 1360. The van der Waals surface area contributed by atoms with Crippen molar-refractivity contribution in [2.24, 2.45) is 0 Å². The molecule has 1 heterocycles. The summed E-state index contributed by atoms with van der Waals surface area (Å²) in [5.74, 6) is -0.397. The number of carbonyl (C=O) groups is 1. The molecule has 1 fully saturated rings. The standard InChI is InChI=1S/C51H78O9/c1-3-5-7-9-11-13-15-17-19-20-21-22-23-24-25-26-27-28-30-32-34-36-38-40-47(53)59-45(44-58-51-50(56)49(55)48(54)46(42-52)60-51)43-57-41-39-37-35-33-31-29-18-16-14-12-10-8-6-4-2/h5-8,11-14,17-19,21-22,24-25,27-29,32-35,45-46,48-52,54-56H,3-4,9-10,15-16,20,23,26,30-31,36-44H2,1-2H3/b7-5-,8-6-,13-11-,14-12-,19-17-,22-21-,25-24-,28-27-,29-18-,34-32-,35-33-. The monoisotopic (exact) mass is 835 g/mol. The van der Waals surface area contributed by atoms with Crippen molar-refractivity contribution >= 4 is 5.97 Å². The molecule has 6 atom stereocenters. The molecule has 6 unspecified atom stereocenters. The Morgan fingerprint density at radius 3 is 1.35 bits per heavy atom. The molecule has 1 rings (SSSR count). The van der Waals surface area contributed by atoms with E-state index in [0.29, 0.717) is 13.0 Å². The third kappa shape index (κ3) is 31.2. The first-order valence-electron chi connectivity index (χ1n) is 22.3. The number of aliphatic hydroxyl groups excluding tert-OH is 4. The Balaban J connectivity index is 2.37. The molecule has 0 aliphatic carbocycles. The van der Waals surface area contributed by atoms with Crippen molar-refractivity contribution in [1.29, 1.82) is 0 Å². The van der Waals surface area contributed by atoms with Crippen molar-refractivity contribution in [3.8, 4) is 0 Å². The van der Waals surface area contributed by atoms with Gasteiger partial charge >= 0.3 is 5.97 Å². The lowest BCUT2D eigenvalue weighted by molar-refractivity contribution is -0.305. The van der Waals surface area contributed by atoms with Crippen LogP contribution in [0.3, 0.4) is 0 Å². The number of unbranched alkanes of at least 4 members (excludes halogenated alkanes) is 2. The molecular weight excluding hydrogens is 757 g/mol. The summed E-state index contributed by atoms with van der Waals surface area (Å²) in [6.07, 6.45) is 53.5. The van der Waals surface area contributed by atoms with Gasteiger partial charge in [0.25, 0.3) is 0 Å². The fraction of sp³-hybridized carbons (Fsp3) is 0.549. The lowest BCUT2D eigenvalue weighted by Gasteiger charge is -2.39. The van der Waals surface area contributed by atoms with Gasteiger partial charge in [0.05, 0.1) is 19.8 Å². The fourth-order valence-electron chi connectivity index (χ4n) is 5.66. The van der Waals surface area contributed by atoms with Crippen LogP contribution in [0.15, 0.2) is 134 Å². The molecule has 0 aromatic rings. The van der Waals surface area contributed by atoms with Gasteiger partial charge < -0.3 is 39.4 Å². The minimum Gasteiger partial charge on any atom is -0.457 e. The van der Waals surface area contributed by atoms with Gasteiger partial charge in [0.1, 0.15) is 30.5 Å². The first-order chi connectivity index (χ1) is 29.4. The van der Waals surface area contributed by atoms with Gasteiger partial charge in [-0.3, -0.25) is 4.79 Å². The molecule has 0 spiro atoms. The van der Waals surface area contributed by atoms with Crippen molar-refractivity contribution in [1.82, 2.24) is 0 Å². The van der Waals surface area contributed by atoms with Crippen molar-refractivity contribution in [2.45, 2.75) is 153 Å². The molecule has 0 bridgehead atoms. The summed E-state index contributed by atoms with van der Waals surface area (Å²) < 4.78 is 22.6. The lowest BCUT2D eigenvalue weighted by Crippen LogP contribution is -2.59. The minimum absolute atomic E-state index is 0.0726. The molecule has 0 aromatic carbocycles. The SMILES string of the molecule is CC/C=C\C/C=C\C/C=C\C/C=C\C/C=C\C/C=C\C/C=C\CCCC(=O)OC(COCCC/C=C\C/C=C\C/C=C\C/C=C\CC)COC1OC(CO)C(O)C(O)C1O. The van der Waals surface area contributed by atoms with Crippen molar-refractivity contribution < 1.29 is 44.2 Å². The van der Waals surface area contributed by atoms with E-state index < -0.39 is 49.4 Å². The molecule has 0 radical (unpaired) electrons. The smallest absolute Gasteiger partial charge is 0.306 e. The third-order valence-corrected chi connectivity index (χ3v) is 9.06. The summed E-state index contributed by atoms with van der Waals surface area (Å²) in [7, 11) is 0. The first kappa shape index (κ1) is 54.3. The molecule has 336 valence electrons. The Labute approximate surface area is 362 Å². The predicted molar refractivity (Wildman–Crippen MR) is 246 cm³/mol. The van der Waals surface area contributed by atoms with E-state index in [9.17, 15) is 25.2 Å². The molecule has 0 amide bonds. The maximum absolute atomic E-state index is 12.8. The van der Waals surface area contributed by atoms with Crippen LogP contribution in [0.25, 0.3) is 0 Å². The molecule has 1 aliphatic heterocycles. The van der Waals surface area contributed by atoms with Gasteiger partial charge in [-0.15, -0.1) is 0 Å². The van der Waals surface area contributed by atoms with Crippen LogP contribution < -0.4 is 0 Å². The molecule has 9 heteroatoms. The Kier molecular flexibility index (Phi) is 36.9. The largest absolute Gasteiger partial charge is 0.457 e. The minimum atomic E-state index is -1.57. The van der Waals surface area contributed by atoms with Gasteiger partial charge in [-0.1, -0.05) is 148 Å². The zero-order chi connectivity index (χ0) is 43.6. The number of rotatable bonds is 35. The zero-order valence-corrected chi connectivity index (χ0v) is 36.6. The third-order valence-electron chi connectivity index (χ3n) is 9.06. The Hall–Kier alpha value is -3.67. The maximum Gasteiger partial charge on any atom is 0.306 e. The predicted octanol–water partition coefficient (Wildman–Crippen LogP) is 10.1. The van der Waals surface area contributed by atoms with Gasteiger partial charge in [0, 0.05) is 13.0 Å². The molecule has 9 nitrogen and oxygen atoms in total. The second-order valence-corrected chi connectivity index (χ2v) is 14.4. The van der Waals surface area contributed by atoms with Crippen LogP contribution in [-0.2, 0) is 23.7 Å². The summed E-state index contributed by atoms with van der Waals surface area (Å²) in [5, 5.41) is 40.1. The second-order valence-electron chi connectivity index (χ2n) is 14.4. The van der Waals surface area contributed by atoms with E-state index in [-0.39, 0.29) is 19.6 Å². The average molecular weight is 835 g/mol. The summed E-state index contributed by atoms with van der Waals surface area (Å²) in [6.45, 7) is 4.06. The topological polar surface area (TPSA) is 135 Å². The van der Waals surface area contributed by atoms with E-state index in [2.05, 4.69) is 148 Å². The molecule has 1 saturated heterocycles. The van der Waals surface area contributed by atoms with E-state index >= 15 is 0 Å². The van der Waals surface area contributed by atoms with Crippen molar-refractivity contribution in [2.75, 3.05) is 26.4 Å². The maximum atomic E-state index is 12.8. The molecule has 60 heavy (non-hydrogen) atoms. The van der Waals surface area contributed by atoms with Crippen LogP contribution in [0.2, 0.25) is 0 Å². The number of hydrogen-bond acceptors (Lipinski definition) is 9. The van der Waals surface area contributed by atoms with E-state index in [1.165, 1.54) is 0 Å². The number of carbonyl (C=O) groups excluding carboxylic acids is 1. The summed E-state index contributed by atoms with van der Waals surface area (Å²) in [6, 6.07) is 0. The highest BCUT2D eigenvalue weighted by Gasteiger charge is 2.44. The first-order valence-corrected chi connectivity index (χ1v) is 22.3. The van der Waals surface area contributed by atoms with Gasteiger partial charge in [-0.05, 0) is 96.3 Å². The van der Waals surface area contributed by atoms with Crippen LogP contribution in [0, 0.1) is 0 Å². The second kappa shape index (κ2) is 40.7. The molecular formula is C51H78O9. The number of ether oxygens (including phenoxy) is 4. The van der Waals surface area contributed by atoms with E-state index in [1.54, 1.807) is 0 Å². The van der Waals surface area contributed by atoms with E-state index in [0.717, 1.165) is 89.9 Å². The van der Waals surface area contributed by atoms with Gasteiger partial charge in [0.15, 0.2) is 6.29 Å². The highest BCUT2D eigenvalue weighted by molar-refractivity contribution is 5.69. The molecule has 0 aromatic heterocycles. The highest BCUT2D eigenvalue weighted by Crippen LogP contribution is 2.22. The van der Waals surface area contributed by atoms with E-state index in [1.807, 2.05) is 0 Å².